The highest BCUT2D eigenvalue weighted by atomic mass is 16.7. The fraction of sp³-hybridized carbons (Fsp3) is 0.586. The van der Waals surface area contributed by atoms with Crippen LogP contribution in [-0.2, 0) is 9.47 Å². The first-order chi connectivity index (χ1) is 19.8. The number of hydrogen-bond donors (Lipinski definition) is 4. The number of hydrogen-bond acceptors (Lipinski definition) is 8. The summed E-state index contributed by atoms with van der Waals surface area (Å²) in [4.78, 5) is 25.0. The number of urea groups is 1. The number of rotatable bonds is 11. The summed E-state index contributed by atoms with van der Waals surface area (Å²) in [7, 11) is 0. The smallest absolute Gasteiger partial charge is 0.319 e. The normalized spacial score (nSPS) is 21.8. The van der Waals surface area contributed by atoms with Gasteiger partial charge in [0, 0.05) is 24.8 Å². The van der Waals surface area contributed by atoms with Crippen LogP contribution in [-0.4, -0.2) is 68.3 Å². The fourth-order valence-electron chi connectivity index (χ4n) is 5.69. The van der Waals surface area contributed by atoms with Crippen LogP contribution < -0.4 is 16.4 Å². The summed E-state index contributed by atoms with van der Waals surface area (Å²) in [6, 6.07) is 8.01. The number of carbonyl (C=O) groups excluding carboxylic acids is 1. The minimum absolute atomic E-state index is 0.211. The number of ether oxygens (including phenoxy) is 2. The molecule has 1 saturated carbocycles. The van der Waals surface area contributed by atoms with Crippen molar-refractivity contribution in [3.05, 3.63) is 47.8 Å². The van der Waals surface area contributed by atoms with E-state index < -0.39 is 18.1 Å². The van der Waals surface area contributed by atoms with E-state index in [1.165, 1.54) is 44.0 Å². The Morgan fingerprint density at radius 2 is 1.98 bits per heavy atom. The molecule has 1 saturated heterocycles. The van der Waals surface area contributed by atoms with Crippen molar-refractivity contribution in [1.82, 2.24) is 24.8 Å². The zero-order valence-corrected chi connectivity index (χ0v) is 23.8. The number of imidazole rings is 1. The van der Waals surface area contributed by atoms with Gasteiger partial charge in [-0.15, -0.1) is 13.1 Å². The number of aliphatic hydroxyl groups is 1. The zero-order valence-electron chi connectivity index (χ0n) is 23.8. The van der Waals surface area contributed by atoms with E-state index in [1.54, 1.807) is 24.7 Å². The Morgan fingerprint density at radius 1 is 1.20 bits per heavy atom. The number of anilines is 2. The molecule has 5 rings (SSSR count). The van der Waals surface area contributed by atoms with E-state index in [0.29, 0.717) is 49.6 Å². The molecule has 12 heteroatoms. The molecule has 0 bridgehead atoms. The lowest BCUT2D eigenvalue weighted by molar-refractivity contribution is -0.222. The number of nitrogens with one attached hydrogen (secondary N) is 2. The van der Waals surface area contributed by atoms with E-state index in [4.69, 9.17) is 15.2 Å². The highest BCUT2D eigenvalue weighted by Gasteiger charge is 2.39. The van der Waals surface area contributed by atoms with Crippen molar-refractivity contribution in [2.24, 2.45) is 0 Å². The van der Waals surface area contributed by atoms with E-state index in [1.807, 2.05) is 12.1 Å². The Morgan fingerprint density at radius 3 is 2.73 bits per heavy atom. The Hall–Kier alpha value is -3.32. The SMILES string of the molecule is CC(C)(O)OC1C[C@@H](C[N-]CCCNC(=O)Nc2ccc(C3CCCCC3)cc2)O[C@H]1n1cnc2c(N)ncnc21. The second-order valence-electron chi connectivity index (χ2n) is 11.4. The summed E-state index contributed by atoms with van der Waals surface area (Å²) in [6.45, 7) is 4.73. The molecule has 41 heavy (non-hydrogen) atoms. The lowest BCUT2D eigenvalue weighted by Crippen LogP contribution is -2.33. The third-order valence-corrected chi connectivity index (χ3v) is 7.60. The van der Waals surface area contributed by atoms with Crippen molar-refractivity contribution in [3.63, 3.8) is 0 Å². The molecule has 1 unspecified atom stereocenters. The molecule has 1 aromatic carbocycles. The first kappa shape index (κ1) is 29.2. The maximum atomic E-state index is 12.3. The largest absolute Gasteiger partial charge is 0.660 e. The lowest BCUT2D eigenvalue weighted by Gasteiger charge is -2.27. The molecule has 2 aliphatic rings. The van der Waals surface area contributed by atoms with Gasteiger partial charge in [-0.1, -0.05) is 37.8 Å². The molecule has 1 aliphatic carbocycles. The predicted octanol–water partition coefficient (Wildman–Crippen LogP) is 4.44. The number of nitrogens with two attached hydrogens (primary N) is 1. The van der Waals surface area contributed by atoms with Crippen LogP contribution in [0.5, 0.6) is 0 Å². The summed E-state index contributed by atoms with van der Waals surface area (Å²) in [6.07, 6.45) is 9.49. The average molecular weight is 566 g/mol. The number of fused-ring (bicyclic) bond motifs is 1. The predicted molar refractivity (Wildman–Crippen MR) is 156 cm³/mol. The molecule has 2 amide bonds. The maximum absolute atomic E-state index is 12.3. The molecule has 222 valence electrons. The second kappa shape index (κ2) is 13.1. The third kappa shape index (κ3) is 7.70. The summed E-state index contributed by atoms with van der Waals surface area (Å²) < 4.78 is 14.0. The standard InChI is InChI=1S/C29H41N8O4/c1-29(2,39)41-23-15-22(40-27(23)37-18-35-24-25(30)33-17-34-26(24)37)16-31-13-6-14-32-28(38)36-21-11-9-20(10-12-21)19-7-4-3-5-8-19/h9-12,17-19,22-23,27,39H,3-8,13-16H2,1-2H3,(H2,30,33,34)(H2,32,36,38)/q-1/t22-,23?,27+/m0/s1. The van der Waals surface area contributed by atoms with Crippen LogP contribution in [0.4, 0.5) is 16.3 Å². The van der Waals surface area contributed by atoms with Crippen LogP contribution >= 0.6 is 0 Å². The van der Waals surface area contributed by atoms with Gasteiger partial charge in [-0.3, -0.25) is 4.57 Å². The van der Waals surface area contributed by atoms with Gasteiger partial charge in [-0.05, 0) is 50.3 Å². The van der Waals surface area contributed by atoms with Gasteiger partial charge in [0.25, 0.3) is 0 Å². The molecule has 3 atom stereocenters. The van der Waals surface area contributed by atoms with Crippen LogP contribution in [0.25, 0.3) is 16.5 Å². The van der Waals surface area contributed by atoms with Crippen LogP contribution in [0.3, 0.4) is 0 Å². The summed E-state index contributed by atoms with van der Waals surface area (Å²) in [5, 5.41) is 20.7. The Labute approximate surface area is 240 Å². The van der Waals surface area contributed by atoms with Crippen LogP contribution in [0.2, 0.25) is 0 Å². The molecular formula is C29H41N8O4-. The average Bonchev–Trinajstić information content (AvgIpc) is 3.55. The zero-order chi connectivity index (χ0) is 28.8. The monoisotopic (exact) mass is 565 g/mol. The first-order valence-electron chi connectivity index (χ1n) is 14.5. The van der Waals surface area contributed by atoms with Crippen molar-refractivity contribution in [2.75, 3.05) is 30.7 Å². The van der Waals surface area contributed by atoms with Crippen molar-refractivity contribution < 1.29 is 19.4 Å². The summed E-state index contributed by atoms with van der Waals surface area (Å²) >= 11 is 0. The van der Waals surface area contributed by atoms with Gasteiger partial charge < -0.3 is 36.3 Å². The highest BCUT2D eigenvalue weighted by molar-refractivity contribution is 5.89. The number of aromatic nitrogens is 4. The molecule has 0 radical (unpaired) electrons. The van der Waals surface area contributed by atoms with Crippen LogP contribution in [0.15, 0.2) is 36.9 Å². The topological polar surface area (TPSA) is 164 Å². The molecule has 0 spiro atoms. The number of carbonyl (C=O) groups is 1. The second-order valence-corrected chi connectivity index (χ2v) is 11.4. The molecule has 12 nitrogen and oxygen atoms in total. The van der Waals surface area contributed by atoms with Gasteiger partial charge in [0.1, 0.15) is 17.9 Å². The van der Waals surface area contributed by atoms with Gasteiger partial charge in [0.2, 0.25) is 0 Å². The van der Waals surface area contributed by atoms with Gasteiger partial charge in [0.05, 0.1) is 6.33 Å². The number of nitrogen functional groups attached to an aromatic ring is 1. The maximum Gasteiger partial charge on any atom is 0.319 e. The fourth-order valence-corrected chi connectivity index (χ4v) is 5.69. The molecule has 2 fully saturated rings. The van der Waals surface area contributed by atoms with Crippen molar-refractivity contribution in [1.29, 1.82) is 0 Å². The quantitative estimate of drug-likeness (QED) is 0.196. The van der Waals surface area contributed by atoms with Gasteiger partial charge in [-0.25, -0.2) is 19.7 Å². The molecule has 1 aliphatic heterocycles. The summed E-state index contributed by atoms with van der Waals surface area (Å²) in [5.74, 6) is -0.407. The van der Waals surface area contributed by atoms with Crippen molar-refractivity contribution in [3.8, 4) is 0 Å². The van der Waals surface area contributed by atoms with E-state index in [0.717, 1.165) is 5.69 Å². The van der Waals surface area contributed by atoms with E-state index in [2.05, 4.69) is 43.0 Å². The van der Waals surface area contributed by atoms with Crippen molar-refractivity contribution >= 4 is 28.7 Å². The van der Waals surface area contributed by atoms with E-state index in [-0.39, 0.29) is 18.0 Å². The number of amides is 2. The van der Waals surface area contributed by atoms with Crippen LogP contribution in [0.1, 0.15) is 76.5 Å². The molecule has 3 heterocycles. The molecule has 5 N–H and O–H groups in total. The van der Waals surface area contributed by atoms with Crippen molar-refractivity contribution in [2.45, 2.75) is 88.9 Å². The minimum Gasteiger partial charge on any atom is -0.660 e. The number of nitrogens with zero attached hydrogens (tertiary/aromatic N) is 5. The Kier molecular flexibility index (Phi) is 9.33. The lowest BCUT2D eigenvalue weighted by atomic mass is 9.84. The van der Waals surface area contributed by atoms with E-state index >= 15 is 0 Å². The van der Waals surface area contributed by atoms with Gasteiger partial charge in [0.15, 0.2) is 23.5 Å². The number of benzene rings is 1. The molecule has 2 aromatic heterocycles. The summed E-state index contributed by atoms with van der Waals surface area (Å²) in [5.41, 5.74) is 9.12. The Bertz CT molecular complexity index is 1290. The third-order valence-electron chi connectivity index (χ3n) is 7.60. The highest BCUT2D eigenvalue weighted by Crippen LogP contribution is 2.36. The van der Waals surface area contributed by atoms with Gasteiger partial charge >= 0.3 is 6.03 Å². The molecule has 3 aromatic rings. The minimum atomic E-state index is -1.34. The van der Waals surface area contributed by atoms with E-state index in [9.17, 15) is 9.90 Å². The Balaban J connectivity index is 1.04. The van der Waals surface area contributed by atoms with Crippen LogP contribution in [0, 0.1) is 0 Å². The van der Waals surface area contributed by atoms with Gasteiger partial charge in [-0.2, -0.15) is 0 Å². The first-order valence-corrected chi connectivity index (χ1v) is 14.5. The molecular weight excluding hydrogens is 524 g/mol.